The Morgan fingerprint density at radius 1 is 1.30 bits per heavy atom. The van der Waals surface area contributed by atoms with Gasteiger partial charge in [-0.25, -0.2) is 23.7 Å². The number of H-pyrrole nitrogens is 1. The highest BCUT2D eigenvalue weighted by atomic mass is 19.3. The maximum absolute atomic E-state index is 13.7. The van der Waals surface area contributed by atoms with Gasteiger partial charge in [0.05, 0.1) is 12.0 Å². The maximum atomic E-state index is 13.7. The van der Waals surface area contributed by atoms with Gasteiger partial charge < -0.3 is 23.8 Å². The lowest BCUT2D eigenvalue weighted by molar-refractivity contribution is 0.0436. The maximum Gasteiger partial charge on any atom is 0.292 e. The number of amides is 1. The molecule has 0 aliphatic carbocycles. The van der Waals surface area contributed by atoms with Crippen molar-refractivity contribution < 1.29 is 27.5 Å². The van der Waals surface area contributed by atoms with Gasteiger partial charge in [-0.1, -0.05) is 12.1 Å². The van der Waals surface area contributed by atoms with E-state index in [-0.39, 0.29) is 18.3 Å². The molecule has 0 radical (unpaired) electrons. The van der Waals surface area contributed by atoms with Crippen molar-refractivity contribution in [2.75, 3.05) is 6.54 Å². The summed E-state index contributed by atoms with van der Waals surface area (Å²) in [5.41, 5.74) is 0.917. The minimum Gasteiger partial charge on any atom is -0.438 e. The molecule has 0 spiro atoms. The Balaban J connectivity index is 1.63. The summed E-state index contributed by atoms with van der Waals surface area (Å²) in [6.45, 7) is 4.74. The monoisotopic (exact) mass is 457 g/mol. The van der Waals surface area contributed by atoms with Crippen molar-refractivity contribution in [2.24, 2.45) is 0 Å². The topological polar surface area (TPSA) is 121 Å². The molecule has 0 bridgehead atoms. The molecule has 5 rings (SSSR count). The first-order valence-corrected chi connectivity index (χ1v) is 10.4. The number of aryl methyl sites for hydroxylation is 1. The molecule has 4 heterocycles. The molecule has 4 aromatic rings. The molecule has 0 fully saturated rings. The number of imidazole rings is 1. The number of oxazole rings is 2. The van der Waals surface area contributed by atoms with E-state index in [1.54, 1.807) is 6.07 Å². The van der Waals surface area contributed by atoms with Crippen molar-refractivity contribution in [1.29, 1.82) is 0 Å². The van der Waals surface area contributed by atoms with Gasteiger partial charge in [0.15, 0.2) is 17.3 Å². The number of para-hydroxylation sites is 1. The van der Waals surface area contributed by atoms with Gasteiger partial charge in [0, 0.05) is 18.7 Å². The van der Waals surface area contributed by atoms with Gasteiger partial charge in [-0.2, -0.15) is 0 Å². The smallest absolute Gasteiger partial charge is 0.292 e. The molecule has 1 aliphatic rings. The molecule has 1 aromatic carbocycles. The zero-order chi connectivity index (χ0) is 23.5. The van der Waals surface area contributed by atoms with Crippen LogP contribution >= 0.6 is 0 Å². The molecule has 0 saturated heterocycles. The molecule has 1 amide bonds. The molecule has 1 atom stereocenters. The summed E-state index contributed by atoms with van der Waals surface area (Å²) in [4.78, 5) is 30.6. The predicted molar refractivity (Wildman–Crippen MR) is 111 cm³/mol. The number of benzene rings is 1. The van der Waals surface area contributed by atoms with Crippen LogP contribution in [0.4, 0.5) is 8.78 Å². The number of aromatic amines is 1. The van der Waals surface area contributed by atoms with Crippen molar-refractivity contribution in [3.8, 4) is 0 Å². The number of hydrogen-bond acceptors (Lipinski definition) is 7. The Morgan fingerprint density at radius 3 is 2.79 bits per heavy atom. The summed E-state index contributed by atoms with van der Waals surface area (Å²) >= 11 is 0. The average molecular weight is 457 g/mol. The van der Waals surface area contributed by atoms with Gasteiger partial charge in [0.2, 0.25) is 17.5 Å². The molecule has 1 aliphatic heterocycles. The highest BCUT2D eigenvalue weighted by Crippen LogP contribution is 2.37. The van der Waals surface area contributed by atoms with Crippen LogP contribution in [-0.4, -0.2) is 42.4 Å². The quantitative estimate of drug-likeness (QED) is 0.478. The third-order valence-electron chi connectivity index (χ3n) is 5.63. The van der Waals surface area contributed by atoms with Crippen molar-refractivity contribution in [2.45, 2.75) is 45.3 Å². The molecule has 2 N–H and O–H groups in total. The van der Waals surface area contributed by atoms with Crippen LogP contribution in [0.15, 0.2) is 33.4 Å². The molecule has 172 valence electrons. The third kappa shape index (κ3) is 3.48. The zero-order valence-electron chi connectivity index (χ0n) is 18.1. The number of nitrogens with one attached hydrogen (secondary N) is 1. The van der Waals surface area contributed by atoms with E-state index < -0.39 is 35.4 Å². The number of aromatic nitrogens is 4. The van der Waals surface area contributed by atoms with Gasteiger partial charge in [0.25, 0.3) is 12.3 Å². The average Bonchev–Trinajstić information content (AvgIpc) is 3.49. The largest absolute Gasteiger partial charge is 0.438 e. The minimum absolute atomic E-state index is 0.178. The standard InChI is InChI=1S/C22H21F2N5O4/c1-10-5-4-6-12-13(10)27-19(32-12)16-14-11(25-9-26-14)7-8-29(16)20(30)17-15(18(23)24)28-21(33-17)22(2,3)31/h4-6,9,16,18,31H,7-8H2,1-3H3,(H,25,26)/t16-/m0/s1. The number of hydrogen-bond donors (Lipinski definition) is 2. The highest BCUT2D eigenvalue weighted by molar-refractivity contribution is 5.93. The van der Waals surface area contributed by atoms with Gasteiger partial charge in [-0.3, -0.25) is 4.79 Å². The lowest BCUT2D eigenvalue weighted by atomic mass is 10.0. The number of alkyl halides is 2. The Bertz CT molecular complexity index is 1350. The lowest BCUT2D eigenvalue weighted by Gasteiger charge is -2.32. The van der Waals surface area contributed by atoms with Gasteiger partial charge in [-0.15, -0.1) is 0 Å². The van der Waals surface area contributed by atoms with E-state index in [9.17, 15) is 18.7 Å². The first-order chi connectivity index (χ1) is 15.6. The van der Waals surface area contributed by atoms with Gasteiger partial charge >= 0.3 is 0 Å². The Labute approximate surface area is 186 Å². The van der Waals surface area contributed by atoms with Crippen LogP contribution in [0, 0.1) is 6.92 Å². The summed E-state index contributed by atoms with van der Waals surface area (Å²) in [6.07, 6.45) is -1.14. The van der Waals surface area contributed by atoms with Crippen LogP contribution in [0.2, 0.25) is 0 Å². The van der Waals surface area contributed by atoms with E-state index >= 15 is 0 Å². The van der Waals surface area contributed by atoms with Crippen molar-refractivity contribution >= 4 is 17.0 Å². The number of aliphatic hydroxyl groups is 1. The van der Waals surface area contributed by atoms with Crippen LogP contribution in [-0.2, 0) is 12.0 Å². The Kier molecular flexibility index (Phi) is 4.82. The van der Waals surface area contributed by atoms with Crippen LogP contribution in [0.3, 0.4) is 0 Å². The van der Waals surface area contributed by atoms with Crippen molar-refractivity contribution in [3.05, 3.63) is 64.7 Å². The summed E-state index contributed by atoms with van der Waals surface area (Å²) < 4.78 is 38.8. The van der Waals surface area contributed by atoms with E-state index in [0.29, 0.717) is 23.2 Å². The summed E-state index contributed by atoms with van der Waals surface area (Å²) in [5, 5.41) is 10.2. The van der Waals surface area contributed by atoms with Crippen LogP contribution in [0.5, 0.6) is 0 Å². The van der Waals surface area contributed by atoms with Crippen molar-refractivity contribution in [1.82, 2.24) is 24.8 Å². The first kappa shape index (κ1) is 21.3. The summed E-state index contributed by atoms with van der Waals surface area (Å²) in [5.74, 6) is -1.60. The Morgan fingerprint density at radius 2 is 2.09 bits per heavy atom. The molecule has 0 unspecified atom stereocenters. The second-order valence-electron chi connectivity index (χ2n) is 8.48. The van der Waals surface area contributed by atoms with E-state index in [0.717, 1.165) is 11.3 Å². The number of carbonyl (C=O) groups excluding carboxylic acids is 1. The first-order valence-electron chi connectivity index (χ1n) is 10.4. The number of rotatable bonds is 4. The summed E-state index contributed by atoms with van der Waals surface area (Å²) in [6, 6.07) is 4.62. The molecule has 0 saturated carbocycles. The van der Waals surface area contributed by atoms with Crippen LogP contribution in [0.1, 0.15) is 71.3 Å². The van der Waals surface area contributed by atoms with Crippen LogP contribution < -0.4 is 0 Å². The van der Waals surface area contributed by atoms with E-state index in [1.165, 1.54) is 25.1 Å². The number of halogens is 2. The number of nitrogens with zero attached hydrogens (tertiary/aromatic N) is 4. The molecule has 33 heavy (non-hydrogen) atoms. The van der Waals surface area contributed by atoms with Gasteiger partial charge in [-0.05, 0) is 32.4 Å². The molecule has 9 nitrogen and oxygen atoms in total. The summed E-state index contributed by atoms with van der Waals surface area (Å²) in [7, 11) is 0. The molecular formula is C22H21F2N5O4. The Hall–Kier alpha value is -3.60. The fourth-order valence-corrected chi connectivity index (χ4v) is 3.99. The number of fused-ring (bicyclic) bond motifs is 2. The fraction of sp³-hybridized carbons (Fsp3) is 0.364. The highest BCUT2D eigenvalue weighted by Gasteiger charge is 2.41. The second-order valence-corrected chi connectivity index (χ2v) is 8.48. The molecular weight excluding hydrogens is 436 g/mol. The van der Waals surface area contributed by atoms with E-state index in [1.807, 2.05) is 19.1 Å². The lowest BCUT2D eigenvalue weighted by Crippen LogP contribution is -2.41. The molecule has 11 heteroatoms. The zero-order valence-corrected chi connectivity index (χ0v) is 18.1. The van der Waals surface area contributed by atoms with Gasteiger partial charge in [0.1, 0.15) is 11.1 Å². The molecule has 3 aromatic heterocycles. The third-order valence-corrected chi connectivity index (χ3v) is 5.63. The SMILES string of the molecule is Cc1cccc2oc([C@@H]3c4nc[nH]c4CCN3C(=O)c3oc(C(C)(C)O)nc3C(F)F)nc12. The fourth-order valence-electron chi connectivity index (χ4n) is 3.99. The number of carbonyl (C=O) groups is 1. The van der Waals surface area contributed by atoms with E-state index in [2.05, 4.69) is 19.9 Å². The second kappa shape index (κ2) is 7.48. The van der Waals surface area contributed by atoms with Crippen LogP contribution in [0.25, 0.3) is 11.1 Å². The minimum atomic E-state index is -3.07. The van der Waals surface area contributed by atoms with E-state index in [4.69, 9.17) is 8.83 Å². The van der Waals surface area contributed by atoms with Crippen molar-refractivity contribution in [3.63, 3.8) is 0 Å². The predicted octanol–water partition coefficient (Wildman–Crippen LogP) is 3.80. The normalized spacial score (nSPS) is 16.6.